The molecular weight excluding hydrogens is 166 g/mol. The molecule has 0 saturated heterocycles. The summed E-state index contributed by atoms with van der Waals surface area (Å²) in [5, 5.41) is 2.78. The van der Waals surface area contributed by atoms with Crippen molar-refractivity contribution >= 4 is 5.91 Å². The maximum absolute atomic E-state index is 11.2. The van der Waals surface area contributed by atoms with E-state index in [1.165, 1.54) is 0 Å². The molecular formula is C9H19N3O. The van der Waals surface area contributed by atoms with E-state index >= 15 is 0 Å². The van der Waals surface area contributed by atoms with E-state index in [0.717, 1.165) is 12.8 Å². The van der Waals surface area contributed by atoms with Crippen LogP contribution in [0.2, 0.25) is 0 Å². The molecule has 1 saturated carbocycles. The van der Waals surface area contributed by atoms with Crippen LogP contribution in [0.25, 0.3) is 0 Å². The number of hydrogen-bond donors (Lipinski definition) is 2. The summed E-state index contributed by atoms with van der Waals surface area (Å²) in [6.45, 7) is 3.12. The van der Waals surface area contributed by atoms with Gasteiger partial charge in [-0.1, -0.05) is 0 Å². The molecule has 0 heterocycles. The van der Waals surface area contributed by atoms with Gasteiger partial charge in [-0.05, 0) is 26.8 Å². The first-order valence-electron chi connectivity index (χ1n) is 4.86. The number of nitrogens with zero attached hydrogens (tertiary/aromatic N) is 1. The number of likely N-dealkylation sites (N-methyl/N-ethyl adjacent to an activating group) is 2. The normalized spacial score (nSPS) is 27.1. The first-order valence-corrected chi connectivity index (χ1v) is 4.86. The molecule has 4 heteroatoms. The van der Waals surface area contributed by atoms with Gasteiger partial charge in [0.15, 0.2) is 0 Å². The zero-order valence-corrected chi connectivity index (χ0v) is 8.42. The lowest BCUT2D eigenvalue weighted by molar-refractivity contribution is -0.122. The van der Waals surface area contributed by atoms with E-state index in [9.17, 15) is 4.79 Å². The lowest BCUT2D eigenvalue weighted by atomic mass is 9.86. The van der Waals surface area contributed by atoms with E-state index in [-0.39, 0.29) is 5.91 Å². The topological polar surface area (TPSA) is 58.4 Å². The summed E-state index contributed by atoms with van der Waals surface area (Å²) in [7, 11) is 1.98. The van der Waals surface area contributed by atoms with E-state index < -0.39 is 0 Å². The number of amides is 1. The zero-order valence-electron chi connectivity index (χ0n) is 8.42. The van der Waals surface area contributed by atoms with E-state index in [0.29, 0.717) is 25.2 Å². The van der Waals surface area contributed by atoms with Crippen LogP contribution in [-0.2, 0) is 4.79 Å². The van der Waals surface area contributed by atoms with Gasteiger partial charge >= 0.3 is 0 Å². The summed E-state index contributed by atoms with van der Waals surface area (Å²) >= 11 is 0. The Bertz CT molecular complexity index is 178. The second-order valence-corrected chi connectivity index (χ2v) is 3.75. The monoisotopic (exact) mass is 185 g/mol. The molecule has 0 unspecified atom stereocenters. The number of nitrogens with two attached hydrogens (primary N) is 1. The lowest BCUT2D eigenvalue weighted by Crippen LogP contribution is -2.51. The Morgan fingerprint density at radius 2 is 2.23 bits per heavy atom. The highest BCUT2D eigenvalue weighted by atomic mass is 16.2. The first-order chi connectivity index (χ1) is 6.13. The second kappa shape index (κ2) is 4.58. The molecule has 0 aromatic carbocycles. The zero-order chi connectivity index (χ0) is 9.84. The van der Waals surface area contributed by atoms with Crippen molar-refractivity contribution in [2.75, 3.05) is 20.1 Å². The molecule has 13 heavy (non-hydrogen) atoms. The van der Waals surface area contributed by atoms with Crippen LogP contribution in [0, 0.1) is 0 Å². The molecule has 76 valence electrons. The largest absolute Gasteiger partial charge is 0.355 e. The molecule has 0 radical (unpaired) electrons. The molecule has 0 aromatic heterocycles. The molecule has 4 nitrogen and oxygen atoms in total. The third kappa shape index (κ3) is 2.97. The maximum Gasteiger partial charge on any atom is 0.234 e. The Balaban J connectivity index is 2.17. The summed E-state index contributed by atoms with van der Waals surface area (Å²) in [4.78, 5) is 13.3. The van der Waals surface area contributed by atoms with Crippen LogP contribution in [0.4, 0.5) is 0 Å². The van der Waals surface area contributed by atoms with Gasteiger partial charge in [0.2, 0.25) is 5.91 Å². The molecule has 0 atom stereocenters. The number of carbonyl (C=O) groups is 1. The fourth-order valence-electron chi connectivity index (χ4n) is 1.60. The maximum atomic E-state index is 11.2. The molecule has 1 rings (SSSR count). The number of hydrogen-bond acceptors (Lipinski definition) is 3. The predicted octanol–water partition coefficient (Wildman–Crippen LogP) is -0.456. The van der Waals surface area contributed by atoms with Gasteiger partial charge in [0.25, 0.3) is 0 Å². The van der Waals surface area contributed by atoms with E-state index in [2.05, 4.69) is 10.2 Å². The van der Waals surface area contributed by atoms with Crippen LogP contribution in [0.5, 0.6) is 0 Å². The van der Waals surface area contributed by atoms with Crippen LogP contribution >= 0.6 is 0 Å². The van der Waals surface area contributed by atoms with Gasteiger partial charge in [0.05, 0.1) is 6.54 Å². The SMILES string of the molecule is CCNC(=O)CN(C)C1CC(N)C1. The molecule has 1 amide bonds. The van der Waals surface area contributed by atoms with Gasteiger partial charge in [-0.15, -0.1) is 0 Å². The molecule has 3 N–H and O–H groups in total. The van der Waals surface area contributed by atoms with Gasteiger partial charge in [0, 0.05) is 18.6 Å². The molecule has 0 aliphatic heterocycles. The average Bonchev–Trinajstić information content (AvgIpc) is 1.99. The number of carbonyl (C=O) groups excluding carboxylic acids is 1. The second-order valence-electron chi connectivity index (χ2n) is 3.75. The third-order valence-electron chi connectivity index (χ3n) is 2.54. The minimum absolute atomic E-state index is 0.102. The van der Waals surface area contributed by atoms with Crippen molar-refractivity contribution in [1.82, 2.24) is 10.2 Å². The van der Waals surface area contributed by atoms with Gasteiger partial charge in [0.1, 0.15) is 0 Å². The fraction of sp³-hybridized carbons (Fsp3) is 0.889. The first kappa shape index (κ1) is 10.5. The summed E-state index contributed by atoms with van der Waals surface area (Å²) in [6, 6.07) is 0.860. The number of rotatable bonds is 4. The van der Waals surface area contributed by atoms with Gasteiger partial charge in [-0.3, -0.25) is 9.69 Å². The van der Waals surface area contributed by atoms with Crippen molar-refractivity contribution in [2.45, 2.75) is 31.8 Å². The van der Waals surface area contributed by atoms with Crippen molar-refractivity contribution in [3.63, 3.8) is 0 Å². The van der Waals surface area contributed by atoms with Crippen LogP contribution in [0.15, 0.2) is 0 Å². The van der Waals surface area contributed by atoms with Crippen LogP contribution in [0.1, 0.15) is 19.8 Å². The Kier molecular flexibility index (Phi) is 3.69. The number of nitrogens with one attached hydrogen (secondary N) is 1. The Morgan fingerprint density at radius 1 is 1.62 bits per heavy atom. The molecule has 0 spiro atoms. The molecule has 0 bridgehead atoms. The van der Waals surface area contributed by atoms with Gasteiger partial charge < -0.3 is 11.1 Å². The predicted molar refractivity (Wildman–Crippen MR) is 52.3 cm³/mol. The summed E-state index contributed by atoms with van der Waals surface area (Å²) in [5.41, 5.74) is 5.67. The van der Waals surface area contributed by atoms with Crippen molar-refractivity contribution in [2.24, 2.45) is 5.73 Å². The summed E-state index contributed by atoms with van der Waals surface area (Å²) < 4.78 is 0. The van der Waals surface area contributed by atoms with Gasteiger partial charge in [-0.25, -0.2) is 0 Å². The standard InChI is InChI=1S/C9H19N3O/c1-3-11-9(13)6-12(2)8-4-7(10)5-8/h7-8H,3-6,10H2,1-2H3,(H,11,13). The quantitative estimate of drug-likeness (QED) is 0.623. The Morgan fingerprint density at radius 3 is 2.69 bits per heavy atom. The highest BCUT2D eigenvalue weighted by molar-refractivity contribution is 5.77. The molecule has 1 fully saturated rings. The minimum Gasteiger partial charge on any atom is -0.355 e. The smallest absolute Gasteiger partial charge is 0.234 e. The molecule has 1 aliphatic carbocycles. The minimum atomic E-state index is 0.102. The van der Waals surface area contributed by atoms with Crippen LogP contribution in [0.3, 0.4) is 0 Å². The van der Waals surface area contributed by atoms with Crippen molar-refractivity contribution < 1.29 is 4.79 Å². The van der Waals surface area contributed by atoms with E-state index in [1.807, 2.05) is 14.0 Å². The lowest BCUT2D eigenvalue weighted by Gasteiger charge is -2.38. The van der Waals surface area contributed by atoms with Crippen molar-refractivity contribution in [3.05, 3.63) is 0 Å². The van der Waals surface area contributed by atoms with Crippen molar-refractivity contribution in [1.29, 1.82) is 0 Å². The average molecular weight is 185 g/mol. The molecule has 1 aliphatic rings. The van der Waals surface area contributed by atoms with E-state index in [4.69, 9.17) is 5.73 Å². The highest BCUT2D eigenvalue weighted by Gasteiger charge is 2.29. The highest BCUT2D eigenvalue weighted by Crippen LogP contribution is 2.22. The van der Waals surface area contributed by atoms with Gasteiger partial charge in [-0.2, -0.15) is 0 Å². The summed E-state index contributed by atoms with van der Waals surface area (Å²) in [5.74, 6) is 0.102. The van der Waals surface area contributed by atoms with Crippen molar-refractivity contribution in [3.8, 4) is 0 Å². The van der Waals surface area contributed by atoms with Crippen LogP contribution < -0.4 is 11.1 Å². The fourth-order valence-corrected chi connectivity index (χ4v) is 1.60. The van der Waals surface area contributed by atoms with Crippen LogP contribution in [-0.4, -0.2) is 43.0 Å². The Hall–Kier alpha value is -0.610. The summed E-state index contributed by atoms with van der Waals surface area (Å²) in [6.07, 6.45) is 2.05. The Labute approximate surface area is 79.5 Å². The molecule has 0 aromatic rings. The third-order valence-corrected chi connectivity index (χ3v) is 2.54. The van der Waals surface area contributed by atoms with E-state index in [1.54, 1.807) is 0 Å².